The molecule has 0 unspecified atom stereocenters. The van der Waals surface area contributed by atoms with Gasteiger partial charge >= 0.3 is 119 Å². The summed E-state index contributed by atoms with van der Waals surface area (Å²) in [6.07, 6.45) is 1.94. The van der Waals surface area contributed by atoms with Crippen LogP contribution in [0, 0.1) is 0 Å². The molecule has 92 valence electrons. The molecule has 0 amide bonds. The molecule has 0 saturated heterocycles. The first kappa shape index (κ1) is 12.2. The second kappa shape index (κ2) is 5.44. The average molecular weight is 309 g/mol. The molecule has 0 aliphatic carbocycles. The van der Waals surface area contributed by atoms with Crippen LogP contribution in [0.15, 0.2) is 72.2 Å². The van der Waals surface area contributed by atoms with Crippen molar-refractivity contribution in [3.05, 3.63) is 77.7 Å². The third-order valence-corrected chi connectivity index (χ3v) is 5.17. The molecular formula is C18H14Se. The summed E-state index contributed by atoms with van der Waals surface area (Å²) in [6, 6.07) is 21.4. The molecular weight excluding hydrogens is 295 g/mol. The average Bonchev–Trinajstić information content (AvgIpc) is 2.98. The van der Waals surface area contributed by atoms with E-state index in [4.69, 9.17) is 0 Å². The van der Waals surface area contributed by atoms with Crippen LogP contribution in [0.2, 0.25) is 0 Å². The van der Waals surface area contributed by atoms with E-state index in [9.17, 15) is 0 Å². The zero-order chi connectivity index (χ0) is 13.1. The fourth-order valence-electron chi connectivity index (χ4n) is 2.16. The van der Waals surface area contributed by atoms with E-state index in [1.54, 1.807) is 0 Å². The van der Waals surface area contributed by atoms with Gasteiger partial charge in [0, 0.05) is 0 Å². The zero-order valence-corrected chi connectivity index (χ0v) is 12.3. The van der Waals surface area contributed by atoms with Crippen molar-refractivity contribution >= 4 is 20.6 Å². The summed E-state index contributed by atoms with van der Waals surface area (Å²) in [4.78, 5) is 2.36. The van der Waals surface area contributed by atoms with Crippen LogP contribution in [0.25, 0.3) is 27.2 Å². The molecule has 0 spiro atoms. The van der Waals surface area contributed by atoms with Crippen molar-refractivity contribution in [2.45, 2.75) is 0 Å². The van der Waals surface area contributed by atoms with Gasteiger partial charge < -0.3 is 0 Å². The Morgan fingerprint density at radius 1 is 0.842 bits per heavy atom. The summed E-state index contributed by atoms with van der Waals surface area (Å²) in [6.45, 7) is 3.90. The molecule has 0 bridgehead atoms. The third kappa shape index (κ3) is 2.49. The Morgan fingerprint density at radius 3 is 2.37 bits per heavy atom. The number of hydrogen-bond acceptors (Lipinski definition) is 0. The molecule has 1 heteroatoms. The van der Waals surface area contributed by atoms with Gasteiger partial charge in [0.25, 0.3) is 0 Å². The van der Waals surface area contributed by atoms with Crippen LogP contribution in [0.4, 0.5) is 0 Å². The van der Waals surface area contributed by atoms with Gasteiger partial charge in [-0.15, -0.1) is 0 Å². The Balaban J connectivity index is 2.04. The SMILES string of the molecule is C=Cc1ccccc1-c1cc(-c2ccccc2)c[se]1. The first-order valence-electron chi connectivity index (χ1n) is 6.24. The molecule has 0 fully saturated rings. The number of hydrogen-bond donors (Lipinski definition) is 0. The quantitative estimate of drug-likeness (QED) is 0.614. The molecule has 0 saturated carbocycles. The van der Waals surface area contributed by atoms with Gasteiger partial charge in [-0.2, -0.15) is 0 Å². The van der Waals surface area contributed by atoms with Crippen molar-refractivity contribution in [1.29, 1.82) is 0 Å². The van der Waals surface area contributed by atoms with Crippen LogP contribution in [0.5, 0.6) is 0 Å². The monoisotopic (exact) mass is 310 g/mol. The zero-order valence-electron chi connectivity index (χ0n) is 10.5. The Bertz CT molecular complexity index is 692. The summed E-state index contributed by atoms with van der Waals surface area (Å²) in [7, 11) is 0. The maximum atomic E-state index is 3.90. The van der Waals surface area contributed by atoms with Gasteiger partial charge in [0.2, 0.25) is 0 Å². The van der Waals surface area contributed by atoms with Gasteiger partial charge in [-0.1, -0.05) is 0 Å². The molecule has 0 nitrogen and oxygen atoms in total. The molecule has 3 rings (SSSR count). The number of rotatable bonds is 3. The molecule has 1 heterocycles. The first-order chi connectivity index (χ1) is 9.38. The molecule has 0 N–H and O–H groups in total. The van der Waals surface area contributed by atoms with Crippen LogP contribution >= 0.6 is 0 Å². The van der Waals surface area contributed by atoms with Gasteiger partial charge in [0.15, 0.2) is 0 Å². The van der Waals surface area contributed by atoms with E-state index in [-0.39, 0.29) is 0 Å². The van der Waals surface area contributed by atoms with Gasteiger partial charge in [-0.05, 0) is 0 Å². The second-order valence-corrected chi connectivity index (χ2v) is 6.27. The van der Waals surface area contributed by atoms with E-state index in [1.807, 2.05) is 6.08 Å². The summed E-state index contributed by atoms with van der Waals surface area (Å²) in [5.74, 6) is 0. The van der Waals surface area contributed by atoms with Crippen LogP contribution in [-0.4, -0.2) is 14.5 Å². The van der Waals surface area contributed by atoms with E-state index in [2.05, 4.69) is 72.2 Å². The van der Waals surface area contributed by atoms with Crippen molar-refractivity contribution in [3.8, 4) is 21.1 Å². The molecule has 0 atom stereocenters. The Morgan fingerprint density at radius 2 is 1.58 bits per heavy atom. The van der Waals surface area contributed by atoms with Gasteiger partial charge in [0.05, 0.1) is 0 Å². The van der Waals surface area contributed by atoms with E-state index in [1.165, 1.54) is 26.7 Å². The van der Waals surface area contributed by atoms with Crippen molar-refractivity contribution in [2.75, 3.05) is 0 Å². The standard InChI is InChI=1S/C18H14Se/c1-2-14-8-6-7-11-17(14)18-12-16(13-19-18)15-9-4-3-5-10-15/h2-13H,1H2. The van der Waals surface area contributed by atoms with E-state index in [0.29, 0.717) is 14.5 Å². The van der Waals surface area contributed by atoms with Crippen molar-refractivity contribution in [3.63, 3.8) is 0 Å². The minimum atomic E-state index is 0.407. The topological polar surface area (TPSA) is 0 Å². The Kier molecular flexibility index (Phi) is 3.50. The summed E-state index contributed by atoms with van der Waals surface area (Å²) < 4.78 is 1.43. The maximum absolute atomic E-state index is 3.90. The minimum absolute atomic E-state index is 0.407. The Labute approximate surface area is 119 Å². The predicted octanol–water partition coefficient (Wildman–Crippen LogP) is 4.72. The molecule has 1 aromatic heterocycles. The number of benzene rings is 2. The van der Waals surface area contributed by atoms with Gasteiger partial charge in [-0.3, -0.25) is 0 Å². The summed E-state index contributed by atoms with van der Waals surface area (Å²) >= 11 is 0.407. The van der Waals surface area contributed by atoms with Crippen LogP contribution in [-0.2, 0) is 0 Å². The summed E-state index contributed by atoms with van der Waals surface area (Å²) in [5.41, 5.74) is 5.18. The second-order valence-electron chi connectivity index (χ2n) is 4.36. The van der Waals surface area contributed by atoms with Gasteiger partial charge in [0.1, 0.15) is 0 Å². The van der Waals surface area contributed by atoms with E-state index < -0.39 is 0 Å². The fraction of sp³-hybridized carbons (Fsp3) is 0. The van der Waals surface area contributed by atoms with Crippen LogP contribution in [0.1, 0.15) is 5.56 Å². The normalized spacial score (nSPS) is 10.3. The molecule has 2 aromatic carbocycles. The summed E-state index contributed by atoms with van der Waals surface area (Å²) in [5, 5.41) is 0. The molecule has 19 heavy (non-hydrogen) atoms. The van der Waals surface area contributed by atoms with Crippen LogP contribution < -0.4 is 0 Å². The Hall–Kier alpha value is -1.82. The predicted molar refractivity (Wildman–Crippen MR) is 84.3 cm³/mol. The fourth-order valence-corrected chi connectivity index (χ4v) is 4.19. The molecule has 0 aliphatic heterocycles. The first-order valence-corrected chi connectivity index (χ1v) is 8.09. The third-order valence-electron chi connectivity index (χ3n) is 3.15. The molecule has 3 aromatic rings. The van der Waals surface area contributed by atoms with E-state index >= 15 is 0 Å². The van der Waals surface area contributed by atoms with Crippen molar-refractivity contribution in [2.24, 2.45) is 0 Å². The van der Waals surface area contributed by atoms with Crippen molar-refractivity contribution < 1.29 is 0 Å². The van der Waals surface area contributed by atoms with E-state index in [0.717, 1.165) is 0 Å². The van der Waals surface area contributed by atoms with Crippen LogP contribution in [0.3, 0.4) is 0 Å². The van der Waals surface area contributed by atoms with Crippen molar-refractivity contribution in [1.82, 2.24) is 0 Å². The molecule has 0 radical (unpaired) electrons. The molecule has 0 aliphatic rings. The van der Waals surface area contributed by atoms with Gasteiger partial charge in [-0.25, -0.2) is 0 Å².